The van der Waals surface area contributed by atoms with E-state index in [4.69, 9.17) is 5.84 Å². The van der Waals surface area contributed by atoms with Crippen LogP contribution in [0.1, 0.15) is 17.2 Å². The van der Waals surface area contributed by atoms with Crippen molar-refractivity contribution in [1.82, 2.24) is 5.43 Å². The molecule has 1 unspecified atom stereocenters. The Morgan fingerprint density at radius 2 is 1.56 bits per heavy atom. The second-order valence-corrected chi connectivity index (χ2v) is 3.79. The summed E-state index contributed by atoms with van der Waals surface area (Å²) in [6.07, 6.45) is 0. The van der Waals surface area contributed by atoms with Gasteiger partial charge in [0.25, 0.3) is 0 Å². The van der Waals surface area contributed by atoms with Gasteiger partial charge in [-0.15, -0.1) is 0 Å². The van der Waals surface area contributed by atoms with Crippen molar-refractivity contribution in [2.45, 2.75) is 6.04 Å². The minimum absolute atomic E-state index is 0.0393. The Morgan fingerprint density at radius 3 is 2.22 bits per heavy atom. The number of nitrogens with two attached hydrogens (primary N) is 1. The molecule has 94 valence electrons. The Balaban J connectivity index is 2.52. The molecule has 1 atom stereocenters. The van der Waals surface area contributed by atoms with Gasteiger partial charge in [0.1, 0.15) is 17.5 Å². The molecule has 0 heterocycles. The van der Waals surface area contributed by atoms with E-state index in [0.717, 1.165) is 18.2 Å². The fourth-order valence-electron chi connectivity index (χ4n) is 1.79. The lowest BCUT2D eigenvalue weighted by Crippen LogP contribution is -2.30. The third-order valence-corrected chi connectivity index (χ3v) is 2.65. The van der Waals surface area contributed by atoms with E-state index in [1.807, 2.05) is 0 Å². The molecule has 0 amide bonds. The number of benzene rings is 2. The van der Waals surface area contributed by atoms with Crippen LogP contribution in [0.2, 0.25) is 0 Å². The summed E-state index contributed by atoms with van der Waals surface area (Å²) < 4.78 is 40.4. The van der Waals surface area contributed by atoms with Crippen molar-refractivity contribution in [3.63, 3.8) is 0 Å². The van der Waals surface area contributed by atoms with Gasteiger partial charge in [-0.3, -0.25) is 5.84 Å². The largest absolute Gasteiger partial charge is 0.271 e. The molecule has 0 aliphatic rings. The van der Waals surface area contributed by atoms with Gasteiger partial charge in [-0.1, -0.05) is 18.2 Å². The van der Waals surface area contributed by atoms with Gasteiger partial charge in [0, 0.05) is 11.1 Å². The normalized spacial score (nSPS) is 12.4. The molecule has 18 heavy (non-hydrogen) atoms. The van der Waals surface area contributed by atoms with Crippen LogP contribution in [-0.4, -0.2) is 0 Å². The highest BCUT2D eigenvalue weighted by Gasteiger charge is 2.20. The predicted octanol–water partition coefficient (Wildman–Crippen LogP) is 2.66. The lowest BCUT2D eigenvalue weighted by atomic mass is 9.98. The van der Waals surface area contributed by atoms with Gasteiger partial charge in [0.2, 0.25) is 0 Å². The maximum absolute atomic E-state index is 13.6. The van der Waals surface area contributed by atoms with Gasteiger partial charge in [-0.2, -0.15) is 0 Å². The van der Waals surface area contributed by atoms with Crippen LogP contribution in [0.5, 0.6) is 0 Å². The van der Waals surface area contributed by atoms with E-state index >= 15 is 0 Å². The molecule has 0 aromatic heterocycles. The van der Waals surface area contributed by atoms with Crippen molar-refractivity contribution in [2.24, 2.45) is 5.84 Å². The Labute approximate surface area is 102 Å². The number of hydrogen-bond acceptors (Lipinski definition) is 2. The molecule has 0 saturated heterocycles. The van der Waals surface area contributed by atoms with Gasteiger partial charge < -0.3 is 0 Å². The van der Waals surface area contributed by atoms with Crippen molar-refractivity contribution >= 4 is 0 Å². The van der Waals surface area contributed by atoms with Crippen LogP contribution in [0.25, 0.3) is 0 Å². The molecule has 2 aromatic rings. The lowest BCUT2D eigenvalue weighted by Gasteiger charge is -2.18. The molecular formula is C13H11F3N2. The van der Waals surface area contributed by atoms with Gasteiger partial charge in [0.15, 0.2) is 0 Å². The fourth-order valence-corrected chi connectivity index (χ4v) is 1.79. The average Bonchev–Trinajstić information content (AvgIpc) is 2.36. The summed E-state index contributed by atoms with van der Waals surface area (Å²) in [5.74, 6) is 3.52. The summed E-state index contributed by atoms with van der Waals surface area (Å²) in [6, 6.07) is 7.83. The summed E-state index contributed by atoms with van der Waals surface area (Å²) >= 11 is 0. The zero-order valence-electron chi connectivity index (χ0n) is 9.33. The van der Waals surface area contributed by atoms with Crippen LogP contribution in [0.4, 0.5) is 13.2 Å². The van der Waals surface area contributed by atoms with E-state index in [-0.39, 0.29) is 11.1 Å². The molecular weight excluding hydrogens is 241 g/mol. The van der Waals surface area contributed by atoms with E-state index in [9.17, 15) is 13.2 Å². The second-order valence-electron chi connectivity index (χ2n) is 3.79. The van der Waals surface area contributed by atoms with E-state index in [1.54, 1.807) is 6.07 Å². The van der Waals surface area contributed by atoms with Crippen LogP contribution in [0.3, 0.4) is 0 Å². The Kier molecular flexibility index (Phi) is 3.64. The third-order valence-electron chi connectivity index (χ3n) is 2.65. The molecule has 0 spiro atoms. The molecule has 5 heteroatoms. The lowest BCUT2D eigenvalue weighted by molar-refractivity contribution is 0.523. The molecule has 2 nitrogen and oxygen atoms in total. The van der Waals surface area contributed by atoms with Crippen LogP contribution in [0.15, 0.2) is 42.5 Å². The maximum atomic E-state index is 13.6. The highest BCUT2D eigenvalue weighted by Crippen LogP contribution is 2.26. The highest BCUT2D eigenvalue weighted by atomic mass is 19.1. The quantitative estimate of drug-likeness (QED) is 0.651. The summed E-state index contributed by atoms with van der Waals surface area (Å²) in [7, 11) is 0. The molecule has 0 saturated carbocycles. The Bertz CT molecular complexity index is 558. The predicted molar refractivity (Wildman–Crippen MR) is 61.9 cm³/mol. The molecule has 0 bridgehead atoms. The minimum atomic E-state index is -0.943. The molecule has 0 aliphatic heterocycles. The minimum Gasteiger partial charge on any atom is -0.271 e. The molecule has 0 aliphatic carbocycles. The first-order chi connectivity index (χ1) is 8.63. The topological polar surface area (TPSA) is 38.0 Å². The number of hydrogen-bond donors (Lipinski definition) is 2. The zero-order chi connectivity index (χ0) is 13.1. The Hall–Kier alpha value is -1.85. The summed E-state index contributed by atoms with van der Waals surface area (Å²) in [5.41, 5.74) is 2.41. The number of hydrazine groups is 1. The molecule has 3 N–H and O–H groups in total. The van der Waals surface area contributed by atoms with Crippen LogP contribution in [0, 0.1) is 17.5 Å². The van der Waals surface area contributed by atoms with E-state index in [2.05, 4.69) is 5.43 Å². The van der Waals surface area contributed by atoms with Gasteiger partial charge >= 0.3 is 0 Å². The third kappa shape index (κ3) is 2.37. The summed E-state index contributed by atoms with van der Waals surface area (Å²) in [5, 5.41) is 0. The van der Waals surface area contributed by atoms with E-state index in [1.165, 1.54) is 18.2 Å². The van der Waals surface area contributed by atoms with Crippen molar-refractivity contribution in [1.29, 1.82) is 0 Å². The van der Waals surface area contributed by atoms with Crippen LogP contribution >= 0.6 is 0 Å². The molecule has 2 rings (SSSR count). The fraction of sp³-hybridized carbons (Fsp3) is 0.0769. The summed E-state index contributed by atoms with van der Waals surface area (Å²) in [4.78, 5) is 0. The van der Waals surface area contributed by atoms with Crippen LogP contribution in [-0.2, 0) is 0 Å². The van der Waals surface area contributed by atoms with Crippen molar-refractivity contribution in [3.05, 3.63) is 71.0 Å². The van der Waals surface area contributed by atoms with Crippen molar-refractivity contribution < 1.29 is 13.2 Å². The first-order valence-corrected chi connectivity index (χ1v) is 5.29. The second kappa shape index (κ2) is 5.20. The molecule has 0 fully saturated rings. The van der Waals surface area contributed by atoms with Crippen molar-refractivity contribution in [3.8, 4) is 0 Å². The van der Waals surface area contributed by atoms with E-state index < -0.39 is 23.5 Å². The van der Waals surface area contributed by atoms with Crippen LogP contribution < -0.4 is 11.3 Å². The van der Waals surface area contributed by atoms with E-state index in [0.29, 0.717) is 0 Å². The SMILES string of the molecule is NNC(c1ccccc1F)c1cc(F)ccc1F. The summed E-state index contributed by atoms with van der Waals surface area (Å²) in [6.45, 7) is 0. The monoisotopic (exact) mass is 252 g/mol. The standard InChI is InChI=1S/C13H11F3N2/c14-8-5-6-12(16)10(7-8)13(18-17)9-3-1-2-4-11(9)15/h1-7,13,18H,17H2. The first-order valence-electron chi connectivity index (χ1n) is 5.29. The average molecular weight is 252 g/mol. The highest BCUT2D eigenvalue weighted by molar-refractivity contribution is 5.33. The number of halogens is 3. The van der Waals surface area contributed by atoms with Gasteiger partial charge in [-0.25, -0.2) is 18.6 Å². The number of rotatable bonds is 3. The van der Waals surface area contributed by atoms with Crippen molar-refractivity contribution in [2.75, 3.05) is 0 Å². The smallest absolute Gasteiger partial charge is 0.128 e. The maximum Gasteiger partial charge on any atom is 0.128 e. The molecule has 0 radical (unpaired) electrons. The molecule has 2 aromatic carbocycles. The number of nitrogens with one attached hydrogen (secondary N) is 1. The zero-order valence-corrected chi connectivity index (χ0v) is 9.33. The first kappa shape index (κ1) is 12.6. The Morgan fingerprint density at radius 1 is 0.889 bits per heavy atom. The van der Waals surface area contributed by atoms with Gasteiger partial charge in [-0.05, 0) is 24.3 Å². The van der Waals surface area contributed by atoms with Gasteiger partial charge in [0.05, 0.1) is 6.04 Å².